The summed E-state index contributed by atoms with van der Waals surface area (Å²) in [5.74, 6) is 0.800. The van der Waals surface area contributed by atoms with Crippen molar-refractivity contribution in [1.29, 1.82) is 5.26 Å². The molecule has 2 aliphatic heterocycles. The van der Waals surface area contributed by atoms with E-state index in [-0.39, 0.29) is 17.1 Å². The molecule has 7 nitrogen and oxygen atoms in total. The molecule has 3 aliphatic rings. The summed E-state index contributed by atoms with van der Waals surface area (Å²) in [7, 11) is -3.45. The maximum atomic E-state index is 14.0. The quantitative estimate of drug-likeness (QED) is 0.702. The van der Waals surface area contributed by atoms with Gasteiger partial charge in [-0.1, -0.05) is 12.1 Å². The predicted octanol–water partition coefficient (Wildman–Crippen LogP) is 3.12. The van der Waals surface area contributed by atoms with Crippen molar-refractivity contribution in [3.63, 3.8) is 0 Å². The molecule has 2 fully saturated rings. The number of hydrogen-bond donors (Lipinski definition) is 2. The lowest BCUT2D eigenvalue weighted by atomic mass is 9.79. The Morgan fingerprint density at radius 2 is 1.91 bits per heavy atom. The minimum atomic E-state index is -3.45. The first kappa shape index (κ1) is 21.9. The van der Waals surface area contributed by atoms with E-state index in [1.807, 2.05) is 24.3 Å². The number of ether oxygens (including phenoxy) is 1. The van der Waals surface area contributed by atoms with E-state index in [2.05, 4.69) is 16.1 Å². The number of nitrogens with zero attached hydrogens (tertiary/aromatic N) is 1. The Bertz CT molecular complexity index is 1240. The fourth-order valence-electron chi connectivity index (χ4n) is 6.25. The Hall–Kier alpha value is -2.89. The second-order valence-corrected chi connectivity index (χ2v) is 11.2. The highest BCUT2D eigenvalue weighted by Crippen LogP contribution is 2.76. The van der Waals surface area contributed by atoms with Crippen LogP contribution >= 0.6 is 0 Å². The Morgan fingerprint density at radius 3 is 2.58 bits per heavy atom. The van der Waals surface area contributed by atoms with Gasteiger partial charge in [0.15, 0.2) is 5.78 Å². The Labute approximate surface area is 194 Å². The van der Waals surface area contributed by atoms with Crippen LogP contribution in [0.15, 0.2) is 42.5 Å². The van der Waals surface area contributed by atoms with Crippen molar-refractivity contribution in [1.82, 2.24) is 5.32 Å². The maximum Gasteiger partial charge on any atom is 0.229 e. The maximum absolute atomic E-state index is 14.0. The zero-order valence-electron chi connectivity index (χ0n) is 18.6. The summed E-state index contributed by atoms with van der Waals surface area (Å²) in [6, 6.07) is 14.7. The molecule has 1 saturated heterocycles. The van der Waals surface area contributed by atoms with Crippen LogP contribution < -0.4 is 14.8 Å². The number of aryl methyl sites for hydroxylation is 1. The summed E-state index contributed by atoms with van der Waals surface area (Å²) in [6.45, 7) is 2.13. The molecule has 2 spiro atoms. The van der Waals surface area contributed by atoms with E-state index in [0.29, 0.717) is 29.2 Å². The van der Waals surface area contributed by atoms with Gasteiger partial charge in [-0.05, 0) is 86.0 Å². The molecule has 1 saturated carbocycles. The van der Waals surface area contributed by atoms with Gasteiger partial charge in [-0.25, -0.2) is 8.42 Å². The standard InChI is InChI=1S/C25H27N3O4S/c1-33(30,31)28-19-7-8-21-20(14-19)23(29)25(16-32-21)22(24(25)10-12-27-13-11-24)9-6-17-2-4-18(15-26)5-3-17/h2-5,7-8,14,22,27-28H,6,9-13,16H2,1H3. The normalized spacial score (nSPS) is 25.2. The van der Waals surface area contributed by atoms with E-state index in [4.69, 9.17) is 10.00 Å². The van der Waals surface area contributed by atoms with Crippen molar-refractivity contribution in [2.45, 2.75) is 25.7 Å². The molecule has 0 bridgehead atoms. The lowest BCUT2D eigenvalue weighted by Gasteiger charge is -2.32. The van der Waals surface area contributed by atoms with Crippen LogP contribution in [0.1, 0.15) is 40.7 Å². The van der Waals surface area contributed by atoms with Gasteiger partial charge in [0.2, 0.25) is 10.0 Å². The number of ketones is 1. The molecule has 5 rings (SSSR count). The van der Waals surface area contributed by atoms with Crippen LogP contribution in [-0.4, -0.2) is 40.2 Å². The lowest BCUT2D eigenvalue weighted by Crippen LogP contribution is -2.39. The first-order chi connectivity index (χ1) is 15.8. The van der Waals surface area contributed by atoms with Crippen molar-refractivity contribution >= 4 is 21.5 Å². The third-order valence-corrected chi connectivity index (χ3v) is 8.36. The molecule has 0 aromatic heterocycles. The number of nitrogens with one attached hydrogen (secondary N) is 2. The SMILES string of the molecule is CS(=O)(=O)Nc1ccc2c(c1)C(=O)C1(CO2)C(CCc2ccc(C#N)cc2)C12CCNCC2. The topological polar surface area (TPSA) is 108 Å². The number of rotatable bonds is 5. The Balaban J connectivity index is 1.44. The van der Waals surface area contributed by atoms with Gasteiger partial charge in [-0.2, -0.15) is 5.26 Å². The molecule has 1 aliphatic carbocycles. The van der Waals surface area contributed by atoms with Crippen LogP contribution in [0.4, 0.5) is 5.69 Å². The summed E-state index contributed by atoms with van der Waals surface area (Å²) in [6.07, 6.45) is 4.66. The van der Waals surface area contributed by atoms with Crippen molar-refractivity contribution in [2.75, 3.05) is 30.7 Å². The van der Waals surface area contributed by atoms with Crippen LogP contribution in [0.5, 0.6) is 5.75 Å². The summed E-state index contributed by atoms with van der Waals surface area (Å²) in [4.78, 5) is 14.0. The molecule has 2 unspecified atom stereocenters. The molecule has 172 valence electrons. The average molecular weight is 466 g/mol. The van der Waals surface area contributed by atoms with Gasteiger partial charge in [0.25, 0.3) is 0 Å². The molecular weight excluding hydrogens is 438 g/mol. The van der Waals surface area contributed by atoms with Crippen LogP contribution in [0.3, 0.4) is 0 Å². The molecule has 0 amide bonds. The lowest BCUT2D eigenvalue weighted by molar-refractivity contribution is 0.0694. The monoisotopic (exact) mass is 465 g/mol. The summed E-state index contributed by atoms with van der Waals surface area (Å²) in [5.41, 5.74) is 1.97. The molecule has 0 radical (unpaired) electrons. The van der Waals surface area contributed by atoms with Crippen molar-refractivity contribution < 1.29 is 17.9 Å². The molecule has 33 heavy (non-hydrogen) atoms. The number of fused-ring (bicyclic) bond motifs is 2. The van der Waals surface area contributed by atoms with E-state index < -0.39 is 15.4 Å². The van der Waals surface area contributed by atoms with Crippen LogP contribution in [-0.2, 0) is 16.4 Å². The largest absolute Gasteiger partial charge is 0.492 e. The second kappa shape index (κ2) is 7.86. The first-order valence-electron chi connectivity index (χ1n) is 11.3. The number of carbonyl (C=O) groups excluding carboxylic acids is 1. The predicted molar refractivity (Wildman–Crippen MR) is 125 cm³/mol. The number of piperidine rings is 1. The van der Waals surface area contributed by atoms with Gasteiger partial charge < -0.3 is 10.1 Å². The third-order valence-electron chi connectivity index (χ3n) is 7.76. The number of Topliss-reactive ketones (excluding diaryl/α,β-unsaturated/α-hetero) is 1. The second-order valence-electron chi connectivity index (χ2n) is 9.48. The number of sulfonamides is 1. The van der Waals surface area contributed by atoms with Crippen LogP contribution in [0.25, 0.3) is 0 Å². The van der Waals surface area contributed by atoms with Gasteiger partial charge in [-0.15, -0.1) is 0 Å². The van der Waals surface area contributed by atoms with Crippen molar-refractivity contribution in [3.8, 4) is 11.8 Å². The summed E-state index contributed by atoms with van der Waals surface area (Å²) in [5, 5.41) is 12.5. The molecule has 2 aromatic rings. The molecule has 8 heteroatoms. The Morgan fingerprint density at radius 1 is 1.18 bits per heavy atom. The smallest absolute Gasteiger partial charge is 0.229 e. The fourth-order valence-corrected chi connectivity index (χ4v) is 6.80. The van der Waals surface area contributed by atoms with E-state index >= 15 is 0 Å². The minimum absolute atomic E-state index is 0.0765. The summed E-state index contributed by atoms with van der Waals surface area (Å²) < 4.78 is 32.0. The molecule has 2 heterocycles. The molecule has 2 aromatic carbocycles. The first-order valence-corrected chi connectivity index (χ1v) is 13.2. The number of benzene rings is 2. The van der Waals surface area contributed by atoms with Crippen molar-refractivity contribution in [3.05, 3.63) is 59.2 Å². The fraction of sp³-hybridized carbons (Fsp3) is 0.440. The van der Waals surface area contributed by atoms with E-state index in [1.54, 1.807) is 18.2 Å². The Kier molecular flexibility index (Phi) is 5.22. The van der Waals surface area contributed by atoms with Gasteiger partial charge in [0.05, 0.1) is 28.9 Å². The summed E-state index contributed by atoms with van der Waals surface area (Å²) >= 11 is 0. The van der Waals surface area contributed by atoms with Crippen LogP contribution in [0.2, 0.25) is 0 Å². The van der Waals surface area contributed by atoms with Gasteiger partial charge >= 0.3 is 0 Å². The molecule has 2 N–H and O–H groups in total. The zero-order valence-corrected chi connectivity index (χ0v) is 19.4. The van der Waals surface area contributed by atoms with Gasteiger partial charge in [0, 0.05) is 5.69 Å². The third kappa shape index (κ3) is 3.60. The highest BCUT2D eigenvalue weighted by molar-refractivity contribution is 7.92. The zero-order chi connectivity index (χ0) is 23.3. The number of anilines is 1. The average Bonchev–Trinajstić information content (AvgIpc) is 3.32. The highest BCUT2D eigenvalue weighted by Gasteiger charge is 2.79. The minimum Gasteiger partial charge on any atom is -0.492 e. The van der Waals surface area contributed by atoms with Crippen LogP contribution in [0, 0.1) is 28.1 Å². The van der Waals surface area contributed by atoms with E-state index in [1.165, 1.54) is 0 Å². The number of hydrogen-bond acceptors (Lipinski definition) is 6. The molecule has 2 atom stereocenters. The number of carbonyl (C=O) groups is 1. The molecular formula is C25H27N3O4S. The van der Waals surface area contributed by atoms with Gasteiger partial charge in [-0.3, -0.25) is 9.52 Å². The highest BCUT2D eigenvalue weighted by atomic mass is 32.2. The van der Waals surface area contributed by atoms with Gasteiger partial charge in [0.1, 0.15) is 12.4 Å². The van der Waals surface area contributed by atoms with E-state index in [0.717, 1.165) is 50.6 Å². The van der Waals surface area contributed by atoms with E-state index in [9.17, 15) is 13.2 Å². The van der Waals surface area contributed by atoms with Crippen molar-refractivity contribution in [2.24, 2.45) is 16.7 Å². The number of nitriles is 1.